The molecule has 0 aliphatic carbocycles. The van der Waals surface area contributed by atoms with Gasteiger partial charge in [-0.3, -0.25) is 0 Å². The topological polar surface area (TPSA) is 74.7 Å². The highest BCUT2D eigenvalue weighted by molar-refractivity contribution is 6.31. The van der Waals surface area contributed by atoms with Crippen LogP contribution in [-0.2, 0) is 0 Å². The molecule has 90 valence electrons. The van der Waals surface area contributed by atoms with E-state index in [1.807, 2.05) is 0 Å². The van der Waals surface area contributed by atoms with Gasteiger partial charge in [0.25, 0.3) is 0 Å². The number of halogens is 2. The molecule has 0 amide bonds. The third-order valence-electron chi connectivity index (χ3n) is 2.24. The minimum Gasteiger partial charge on any atom is -0.396 e. The number of aromatic nitrogens is 1. The molecule has 4 nitrogen and oxygen atoms in total. The van der Waals surface area contributed by atoms with Gasteiger partial charge >= 0.3 is 0 Å². The predicted octanol–water partition coefficient (Wildman–Crippen LogP) is 3.59. The van der Waals surface area contributed by atoms with Crippen molar-refractivity contribution in [2.24, 2.45) is 0 Å². The van der Waals surface area contributed by atoms with Crippen molar-refractivity contribution in [3.8, 4) is 6.07 Å². The first-order chi connectivity index (χ1) is 8.60. The van der Waals surface area contributed by atoms with Crippen molar-refractivity contribution in [3.63, 3.8) is 0 Å². The van der Waals surface area contributed by atoms with Crippen molar-refractivity contribution in [1.29, 1.82) is 5.26 Å². The number of nitrogen functional groups attached to an aromatic ring is 1. The van der Waals surface area contributed by atoms with Crippen LogP contribution in [0.15, 0.2) is 30.5 Å². The van der Waals surface area contributed by atoms with Crippen molar-refractivity contribution in [1.82, 2.24) is 4.98 Å². The summed E-state index contributed by atoms with van der Waals surface area (Å²) in [6.07, 6.45) is 1.47. The quantitative estimate of drug-likeness (QED) is 0.880. The second-order valence-electron chi connectivity index (χ2n) is 3.52. The zero-order chi connectivity index (χ0) is 13.1. The van der Waals surface area contributed by atoms with E-state index in [0.29, 0.717) is 32.8 Å². The Morgan fingerprint density at radius 3 is 2.67 bits per heavy atom. The number of pyridine rings is 1. The Balaban J connectivity index is 2.40. The Labute approximate surface area is 114 Å². The summed E-state index contributed by atoms with van der Waals surface area (Å²) in [5.41, 5.74) is 7.17. The second kappa shape index (κ2) is 5.13. The Hall–Kier alpha value is -1.96. The summed E-state index contributed by atoms with van der Waals surface area (Å²) in [7, 11) is 0. The molecule has 18 heavy (non-hydrogen) atoms. The summed E-state index contributed by atoms with van der Waals surface area (Å²) in [5.74, 6) is 0.429. The monoisotopic (exact) mass is 278 g/mol. The molecule has 2 aromatic rings. The zero-order valence-corrected chi connectivity index (χ0v) is 10.6. The third kappa shape index (κ3) is 2.65. The number of rotatable bonds is 2. The lowest BCUT2D eigenvalue weighted by atomic mass is 10.2. The summed E-state index contributed by atoms with van der Waals surface area (Å²) in [6.45, 7) is 0. The Morgan fingerprint density at radius 1 is 1.22 bits per heavy atom. The van der Waals surface area contributed by atoms with Crippen molar-refractivity contribution in [2.75, 3.05) is 11.1 Å². The molecule has 2 rings (SSSR count). The van der Waals surface area contributed by atoms with Gasteiger partial charge in [0.2, 0.25) is 0 Å². The lowest BCUT2D eigenvalue weighted by Gasteiger charge is -2.10. The normalized spacial score (nSPS) is 9.83. The summed E-state index contributed by atoms with van der Waals surface area (Å²) >= 11 is 11.6. The van der Waals surface area contributed by atoms with Gasteiger partial charge in [-0.05, 0) is 24.3 Å². The molecule has 0 aliphatic rings. The van der Waals surface area contributed by atoms with Crippen LogP contribution in [0.3, 0.4) is 0 Å². The van der Waals surface area contributed by atoms with Gasteiger partial charge in [-0.15, -0.1) is 0 Å². The molecule has 3 N–H and O–H groups in total. The highest BCUT2D eigenvalue weighted by Crippen LogP contribution is 2.27. The fourth-order valence-corrected chi connectivity index (χ4v) is 1.74. The molecular weight excluding hydrogens is 271 g/mol. The minimum atomic E-state index is 0.395. The molecular formula is C12H8Cl2N4. The SMILES string of the molecule is N#Cc1ccc(Cl)cc1Nc1ncc(Cl)cc1N. The average molecular weight is 279 g/mol. The molecule has 0 spiro atoms. The van der Waals surface area contributed by atoms with Crippen molar-refractivity contribution in [2.45, 2.75) is 0 Å². The molecule has 1 aromatic heterocycles. The van der Waals surface area contributed by atoms with E-state index in [4.69, 9.17) is 34.2 Å². The lowest BCUT2D eigenvalue weighted by molar-refractivity contribution is 1.31. The van der Waals surface area contributed by atoms with Crippen molar-refractivity contribution in [3.05, 3.63) is 46.1 Å². The van der Waals surface area contributed by atoms with Gasteiger partial charge in [-0.25, -0.2) is 4.98 Å². The van der Waals surface area contributed by atoms with Gasteiger partial charge in [-0.2, -0.15) is 5.26 Å². The highest BCUT2D eigenvalue weighted by atomic mass is 35.5. The van der Waals surface area contributed by atoms with E-state index in [1.165, 1.54) is 6.20 Å². The molecule has 0 bridgehead atoms. The van der Waals surface area contributed by atoms with Crippen LogP contribution in [0.5, 0.6) is 0 Å². The number of hydrogen-bond donors (Lipinski definition) is 2. The summed E-state index contributed by atoms with van der Waals surface area (Å²) in [5, 5.41) is 12.9. The lowest BCUT2D eigenvalue weighted by Crippen LogP contribution is -2.00. The van der Waals surface area contributed by atoms with E-state index in [-0.39, 0.29) is 0 Å². The molecule has 0 saturated heterocycles. The van der Waals surface area contributed by atoms with Crippen LogP contribution < -0.4 is 11.1 Å². The number of nitrogens with one attached hydrogen (secondary N) is 1. The number of hydrogen-bond acceptors (Lipinski definition) is 4. The van der Waals surface area contributed by atoms with Gasteiger partial charge < -0.3 is 11.1 Å². The maximum Gasteiger partial charge on any atom is 0.153 e. The zero-order valence-electron chi connectivity index (χ0n) is 9.11. The number of nitrogens with zero attached hydrogens (tertiary/aromatic N) is 2. The van der Waals surface area contributed by atoms with E-state index < -0.39 is 0 Å². The van der Waals surface area contributed by atoms with E-state index in [2.05, 4.69) is 16.4 Å². The maximum absolute atomic E-state index is 8.99. The fraction of sp³-hybridized carbons (Fsp3) is 0. The summed E-state index contributed by atoms with van der Waals surface area (Å²) < 4.78 is 0. The van der Waals surface area contributed by atoms with E-state index in [0.717, 1.165) is 0 Å². The standard InChI is InChI=1S/C12H8Cl2N4/c13-8-2-1-7(5-15)11(4-8)18-12-10(16)3-9(14)6-17-12/h1-4,6H,16H2,(H,17,18). The molecule has 6 heteroatoms. The van der Waals surface area contributed by atoms with Gasteiger partial charge in [0.05, 0.1) is 22.0 Å². The first-order valence-electron chi connectivity index (χ1n) is 4.98. The molecule has 0 atom stereocenters. The van der Waals surface area contributed by atoms with Crippen LogP contribution in [0.25, 0.3) is 0 Å². The average Bonchev–Trinajstić information content (AvgIpc) is 2.33. The molecule has 0 unspecified atom stereocenters. The van der Waals surface area contributed by atoms with Gasteiger partial charge in [-0.1, -0.05) is 23.2 Å². The smallest absolute Gasteiger partial charge is 0.153 e. The molecule has 1 aromatic carbocycles. The predicted molar refractivity (Wildman–Crippen MR) is 73.1 cm³/mol. The van der Waals surface area contributed by atoms with E-state index in [9.17, 15) is 0 Å². The Morgan fingerprint density at radius 2 is 2.00 bits per heavy atom. The van der Waals surface area contributed by atoms with Gasteiger partial charge in [0.1, 0.15) is 6.07 Å². The second-order valence-corrected chi connectivity index (χ2v) is 4.39. The van der Waals surface area contributed by atoms with Crippen LogP contribution in [0.2, 0.25) is 10.0 Å². The van der Waals surface area contributed by atoms with Crippen LogP contribution >= 0.6 is 23.2 Å². The van der Waals surface area contributed by atoms with Gasteiger partial charge in [0, 0.05) is 11.2 Å². The van der Waals surface area contributed by atoms with Crippen LogP contribution in [0.1, 0.15) is 5.56 Å². The third-order valence-corrected chi connectivity index (χ3v) is 2.68. The van der Waals surface area contributed by atoms with E-state index >= 15 is 0 Å². The Kier molecular flexibility index (Phi) is 3.56. The van der Waals surface area contributed by atoms with Crippen LogP contribution in [0, 0.1) is 11.3 Å². The Bertz CT molecular complexity index is 634. The number of anilines is 3. The largest absolute Gasteiger partial charge is 0.396 e. The molecule has 0 fully saturated rings. The first kappa shape index (κ1) is 12.5. The van der Waals surface area contributed by atoms with Crippen molar-refractivity contribution < 1.29 is 0 Å². The summed E-state index contributed by atoms with van der Waals surface area (Å²) in [4.78, 5) is 4.06. The van der Waals surface area contributed by atoms with Gasteiger partial charge in [0.15, 0.2) is 5.82 Å². The minimum absolute atomic E-state index is 0.395. The number of nitrogens with two attached hydrogens (primary N) is 1. The van der Waals surface area contributed by atoms with Crippen molar-refractivity contribution >= 4 is 40.4 Å². The molecule has 1 heterocycles. The van der Waals surface area contributed by atoms with Crippen LogP contribution in [-0.4, -0.2) is 4.98 Å². The maximum atomic E-state index is 8.99. The molecule has 0 saturated carbocycles. The number of nitriles is 1. The summed E-state index contributed by atoms with van der Waals surface area (Å²) in [6, 6.07) is 8.53. The van der Waals surface area contributed by atoms with Crippen LogP contribution in [0.4, 0.5) is 17.2 Å². The molecule has 0 radical (unpaired) electrons. The first-order valence-corrected chi connectivity index (χ1v) is 5.73. The van der Waals surface area contributed by atoms with E-state index in [1.54, 1.807) is 24.3 Å². The fourth-order valence-electron chi connectivity index (χ4n) is 1.40. The highest BCUT2D eigenvalue weighted by Gasteiger charge is 2.07. The number of benzene rings is 1. The molecule has 0 aliphatic heterocycles.